The Morgan fingerprint density at radius 3 is 2.55 bits per heavy atom. The maximum atomic E-state index is 5.20. The maximum Gasteiger partial charge on any atom is 0.0934 e. The first-order valence-electron chi connectivity index (χ1n) is 7.44. The van der Waals surface area contributed by atoms with Crippen LogP contribution < -0.4 is 5.32 Å². The number of furan rings is 1. The fourth-order valence-electron chi connectivity index (χ4n) is 2.58. The van der Waals surface area contributed by atoms with E-state index in [1.54, 1.807) is 6.26 Å². The summed E-state index contributed by atoms with van der Waals surface area (Å²) >= 11 is 0. The molecular formula is C18H25NO. The lowest BCUT2D eigenvalue weighted by molar-refractivity contribution is 0.510. The lowest BCUT2D eigenvalue weighted by Crippen LogP contribution is -2.26. The van der Waals surface area contributed by atoms with Gasteiger partial charge in [0.15, 0.2) is 0 Å². The highest BCUT2D eigenvalue weighted by Crippen LogP contribution is 2.23. The van der Waals surface area contributed by atoms with E-state index in [-0.39, 0.29) is 0 Å². The van der Waals surface area contributed by atoms with Crippen LogP contribution in [0.4, 0.5) is 0 Å². The Kier molecular flexibility index (Phi) is 5.42. The van der Waals surface area contributed by atoms with Crippen LogP contribution in [0.1, 0.15) is 36.5 Å². The minimum Gasteiger partial charge on any atom is -0.472 e. The van der Waals surface area contributed by atoms with E-state index in [0.717, 1.165) is 19.5 Å². The summed E-state index contributed by atoms with van der Waals surface area (Å²) in [5.41, 5.74) is 4.07. The van der Waals surface area contributed by atoms with Crippen molar-refractivity contribution in [3.8, 4) is 0 Å². The van der Waals surface area contributed by atoms with Crippen molar-refractivity contribution in [2.45, 2.75) is 33.1 Å². The Morgan fingerprint density at radius 2 is 1.90 bits per heavy atom. The first-order valence-corrected chi connectivity index (χ1v) is 7.44. The highest BCUT2D eigenvalue weighted by Gasteiger charge is 2.15. The molecule has 2 heteroatoms. The van der Waals surface area contributed by atoms with Gasteiger partial charge in [0, 0.05) is 12.5 Å². The second-order valence-electron chi connectivity index (χ2n) is 5.94. The van der Waals surface area contributed by atoms with Gasteiger partial charge in [-0.3, -0.25) is 0 Å². The molecule has 20 heavy (non-hydrogen) atoms. The number of rotatable bonds is 7. The third kappa shape index (κ3) is 4.24. The van der Waals surface area contributed by atoms with Crippen LogP contribution in [0.3, 0.4) is 0 Å². The molecular weight excluding hydrogens is 246 g/mol. The van der Waals surface area contributed by atoms with E-state index in [1.165, 1.54) is 16.7 Å². The van der Waals surface area contributed by atoms with Crippen LogP contribution in [-0.2, 0) is 6.42 Å². The maximum absolute atomic E-state index is 5.20. The van der Waals surface area contributed by atoms with Gasteiger partial charge in [-0.15, -0.1) is 0 Å². The Bertz CT molecular complexity index is 502. The summed E-state index contributed by atoms with van der Waals surface area (Å²) in [6.07, 6.45) is 4.63. The van der Waals surface area contributed by atoms with Gasteiger partial charge in [-0.25, -0.2) is 0 Å². The van der Waals surface area contributed by atoms with Gasteiger partial charge in [-0.1, -0.05) is 38.1 Å². The summed E-state index contributed by atoms with van der Waals surface area (Å²) < 4.78 is 5.20. The predicted octanol–water partition coefficient (Wildman–Crippen LogP) is 4.16. The van der Waals surface area contributed by atoms with Crippen LogP contribution in [0.2, 0.25) is 0 Å². The van der Waals surface area contributed by atoms with E-state index in [0.29, 0.717) is 11.8 Å². The standard InChI is InChI=1S/C18H25NO/c1-14(2)11-19-12-17(10-16-8-9-20-13-16)18-7-5-4-6-15(18)3/h4-9,13-14,17,19H,10-12H2,1-3H3. The number of hydrogen-bond donors (Lipinski definition) is 1. The molecule has 1 N–H and O–H groups in total. The molecule has 0 aliphatic carbocycles. The predicted molar refractivity (Wildman–Crippen MR) is 84.0 cm³/mol. The minimum atomic E-state index is 0.493. The summed E-state index contributed by atoms with van der Waals surface area (Å²) in [5, 5.41) is 3.59. The molecule has 2 aromatic rings. The topological polar surface area (TPSA) is 25.2 Å². The molecule has 0 aliphatic heterocycles. The fraction of sp³-hybridized carbons (Fsp3) is 0.444. The van der Waals surface area contributed by atoms with Gasteiger partial charge < -0.3 is 9.73 Å². The minimum absolute atomic E-state index is 0.493. The smallest absolute Gasteiger partial charge is 0.0934 e. The molecule has 1 aromatic carbocycles. The van der Waals surface area contributed by atoms with Crippen molar-refractivity contribution in [1.29, 1.82) is 0 Å². The van der Waals surface area contributed by atoms with Gasteiger partial charge in [0.05, 0.1) is 12.5 Å². The van der Waals surface area contributed by atoms with Gasteiger partial charge >= 0.3 is 0 Å². The molecule has 1 unspecified atom stereocenters. The fourth-order valence-corrected chi connectivity index (χ4v) is 2.58. The summed E-state index contributed by atoms with van der Waals surface area (Å²) in [5.74, 6) is 1.17. The third-order valence-electron chi connectivity index (χ3n) is 3.63. The highest BCUT2D eigenvalue weighted by atomic mass is 16.3. The molecule has 1 heterocycles. The SMILES string of the molecule is Cc1ccccc1C(CNCC(C)C)Cc1ccoc1. The Balaban J connectivity index is 2.09. The zero-order valence-corrected chi connectivity index (χ0v) is 12.7. The number of benzene rings is 1. The van der Waals surface area contributed by atoms with Gasteiger partial charge in [0.25, 0.3) is 0 Å². The van der Waals surface area contributed by atoms with E-state index in [4.69, 9.17) is 4.42 Å². The number of aryl methyl sites for hydroxylation is 1. The third-order valence-corrected chi connectivity index (χ3v) is 3.63. The van der Waals surface area contributed by atoms with Crippen molar-refractivity contribution in [2.24, 2.45) is 5.92 Å². The molecule has 0 radical (unpaired) electrons. The molecule has 2 rings (SSSR count). The molecule has 0 aliphatic rings. The molecule has 0 bridgehead atoms. The Labute approximate surface area is 122 Å². The lowest BCUT2D eigenvalue weighted by atomic mass is 9.90. The average Bonchev–Trinajstić information content (AvgIpc) is 2.91. The van der Waals surface area contributed by atoms with E-state index in [9.17, 15) is 0 Å². The Morgan fingerprint density at radius 1 is 1.10 bits per heavy atom. The second-order valence-corrected chi connectivity index (χ2v) is 5.94. The zero-order chi connectivity index (χ0) is 14.4. The van der Waals surface area contributed by atoms with E-state index < -0.39 is 0 Å². The molecule has 1 aromatic heterocycles. The average molecular weight is 271 g/mol. The van der Waals surface area contributed by atoms with Crippen LogP contribution in [0.5, 0.6) is 0 Å². The molecule has 2 nitrogen and oxygen atoms in total. The van der Waals surface area contributed by atoms with Crippen LogP contribution >= 0.6 is 0 Å². The Hall–Kier alpha value is -1.54. The monoisotopic (exact) mass is 271 g/mol. The van der Waals surface area contributed by atoms with E-state index in [2.05, 4.69) is 56.4 Å². The largest absolute Gasteiger partial charge is 0.472 e. The molecule has 0 amide bonds. The quantitative estimate of drug-likeness (QED) is 0.818. The van der Waals surface area contributed by atoms with Gasteiger partial charge in [-0.05, 0) is 48.6 Å². The number of hydrogen-bond acceptors (Lipinski definition) is 2. The highest BCUT2D eigenvalue weighted by molar-refractivity contribution is 5.31. The van der Waals surface area contributed by atoms with Crippen molar-refractivity contribution in [2.75, 3.05) is 13.1 Å². The van der Waals surface area contributed by atoms with Crippen LogP contribution in [0, 0.1) is 12.8 Å². The molecule has 0 fully saturated rings. The molecule has 0 saturated carbocycles. The van der Waals surface area contributed by atoms with Crippen molar-refractivity contribution < 1.29 is 4.42 Å². The molecule has 0 saturated heterocycles. The van der Waals surface area contributed by atoms with Gasteiger partial charge in [0.2, 0.25) is 0 Å². The summed E-state index contributed by atoms with van der Waals surface area (Å²) in [7, 11) is 0. The first kappa shape index (κ1) is 14.9. The number of nitrogens with one attached hydrogen (secondary N) is 1. The van der Waals surface area contributed by atoms with Crippen molar-refractivity contribution >= 4 is 0 Å². The normalized spacial score (nSPS) is 12.8. The first-order chi connectivity index (χ1) is 9.66. The summed E-state index contributed by atoms with van der Waals surface area (Å²) in [6, 6.07) is 10.7. The molecule has 108 valence electrons. The molecule has 1 atom stereocenters. The van der Waals surface area contributed by atoms with Crippen LogP contribution in [-0.4, -0.2) is 13.1 Å². The van der Waals surface area contributed by atoms with Crippen molar-refractivity contribution in [3.05, 3.63) is 59.5 Å². The van der Waals surface area contributed by atoms with E-state index >= 15 is 0 Å². The zero-order valence-electron chi connectivity index (χ0n) is 12.7. The van der Waals surface area contributed by atoms with Gasteiger partial charge in [-0.2, -0.15) is 0 Å². The van der Waals surface area contributed by atoms with Gasteiger partial charge in [0.1, 0.15) is 0 Å². The second kappa shape index (κ2) is 7.30. The van der Waals surface area contributed by atoms with Crippen molar-refractivity contribution in [1.82, 2.24) is 5.32 Å². The van der Waals surface area contributed by atoms with Crippen LogP contribution in [0.25, 0.3) is 0 Å². The van der Waals surface area contributed by atoms with Crippen molar-refractivity contribution in [3.63, 3.8) is 0 Å². The summed E-state index contributed by atoms with van der Waals surface area (Å²) in [4.78, 5) is 0. The lowest BCUT2D eigenvalue weighted by Gasteiger charge is -2.20. The summed E-state index contributed by atoms with van der Waals surface area (Å²) in [6.45, 7) is 8.75. The van der Waals surface area contributed by atoms with E-state index in [1.807, 2.05) is 6.26 Å². The van der Waals surface area contributed by atoms with Crippen LogP contribution in [0.15, 0.2) is 47.3 Å². The molecule has 0 spiro atoms.